The third-order valence-electron chi connectivity index (χ3n) is 18.0. The van der Waals surface area contributed by atoms with E-state index >= 15 is 0 Å². The molecule has 0 aromatic carbocycles. The predicted octanol–water partition coefficient (Wildman–Crippen LogP) is 21.7. The maximum absolute atomic E-state index is 13.1. The molecule has 7 atom stereocenters. The molecule has 0 saturated carbocycles. The van der Waals surface area contributed by atoms with E-state index in [1.54, 1.807) is 0 Å². The number of unbranched alkanes of at least 4 members (excludes halogenated alkanes) is 36. The monoisotopic (exact) mass is 1380 g/mol. The number of hydrogen-bond acceptors (Lipinski definition) is 15. The van der Waals surface area contributed by atoms with Gasteiger partial charge in [-0.1, -0.05) is 325 Å². The zero-order chi connectivity index (χ0) is 69.6. The average molecular weight is 1380 g/mol. The van der Waals surface area contributed by atoms with Crippen LogP contribution in [0.15, 0.2) is 0 Å². The third-order valence-corrected chi connectivity index (χ3v) is 19.9. The minimum atomic E-state index is -4.96. The number of aliphatic hydroxyl groups is 1. The lowest BCUT2D eigenvalue weighted by molar-refractivity contribution is -0.161. The average Bonchev–Trinajstić information content (AvgIpc) is 3.26. The third kappa shape index (κ3) is 66.0. The molecule has 19 heteroatoms. The second-order valence-electron chi connectivity index (χ2n) is 28.5. The summed E-state index contributed by atoms with van der Waals surface area (Å²) in [6.07, 6.45) is 48.8. The lowest BCUT2D eigenvalue weighted by Crippen LogP contribution is -2.30. The highest BCUT2D eigenvalue weighted by Crippen LogP contribution is 2.45. The highest BCUT2D eigenvalue weighted by Gasteiger charge is 2.30. The van der Waals surface area contributed by atoms with Crippen molar-refractivity contribution in [2.24, 2.45) is 23.7 Å². The molecule has 0 aliphatic carbocycles. The van der Waals surface area contributed by atoms with Crippen LogP contribution in [0.1, 0.15) is 376 Å². The summed E-state index contributed by atoms with van der Waals surface area (Å²) >= 11 is 0. The molecule has 94 heavy (non-hydrogen) atoms. The Balaban J connectivity index is 5.22. The Kier molecular flexibility index (Phi) is 63.1. The Bertz CT molecular complexity index is 1850. The zero-order valence-electron chi connectivity index (χ0n) is 61.6. The molecular weight excluding hydrogens is 1230 g/mol. The van der Waals surface area contributed by atoms with Gasteiger partial charge in [0.05, 0.1) is 26.4 Å². The summed E-state index contributed by atoms with van der Waals surface area (Å²) in [6.45, 7) is 14.1. The number of aliphatic hydroxyl groups excluding tert-OH is 1. The molecule has 0 aliphatic rings. The van der Waals surface area contributed by atoms with Crippen LogP contribution in [0.3, 0.4) is 0 Å². The lowest BCUT2D eigenvalue weighted by Gasteiger charge is -2.21. The Labute approximate surface area is 575 Å². The van der Waals surface area contributed by atoms with Crippen LogP contribution < -0.4 is 0 Å². The van der Waals surface area contributed by atoms with Crippen molar-refractivity contribution in [2.75, 3.05) is 39.6 Å². The minimum Gasteiger partial charge on any atom is -0.462 e. The van der Waals surface area contributed by atoms with Crippen LogP contribution in [0.25, 0.3) is 0 Å². The first-order chi connectivity index (χ1) is 45.2. The standard InChI is InChI=1S/C75H146O17P2/c1-9-67(7)53-45-37-28-24-20-16-12-14-18-22-26-30-41-49-57-74(79)91-70(61-85-72(77)55-47-39-29-25-21-17-13-11-15-19-23-27-35-43-51-65(3)4)63-89-93(81,82)87-59-69(76)60-88-94(83,84)90-64-71(92-75(80)58-50-42-33-31-36-44-52-66(5)6)62-86-73(78)56-48-40-34-32-38-46-54-68(8)10-2/h65-71,76H,9-64H2,1-8H3,(H,81,82)(H,83,84)/t67?,68?,69-,70-,71-/m1/s1. The van der Waals surface area contributed by atoms with Crippen molar-refractivity contribution in [3.05, 3.63) is 0 Å². The van der Waals surface area contributed by atoms with Gasteiger partial charge in [0.15, 0.2) is 12.2 Å². The molecule has 558 valence electrons. The molecule has 0 amide bonds. The molecule has 0 spiro atoms. The van der Waals surface area contributed by atoms with Crippen molar-refractivity contribution < 1.29 is 80.2 Å². The van der Waals surface area contributed by atoms with Crippen LogP contribution in [0, 0.1) is 23.7 Å². The molecular formula is C75H146O17P2. The Morgan fingerprint density at radius 1 is 0.298 bits per heavy atom. The normalized spacial score (nSPS) is 14.7. The molecule has 0 rings (SSSR count). The van der Waals surface area contributed by atoms with Gasteiger partial charge in [0.25, 0.3) is 0 Å². The van der Waals surface area contributed by atoms with Gasteiger partial charge in [0, 0.05) is 25.7 Å². The summed E-state index contributed by atoms with van der Waals surface area (Å²) in [7, 11) is -9.91. The molecule has 0 saturated heterocycles. The van der Waals surface area contributed by atoms with Crippen LogP contribution in [0.5, 0.6) is 0 Å². The van der Waals surface area contributed by atoms with Crippen molar-refractivity contribution >= 4 is 39.5 Å². The fraction of sp³-hybridized carbons (Fsp3) is 0.947. The van der Waals surface area contributed by atoms with E-state index in [2.05, 4.69) is 55.4 Å². The minimum absolute atomic E-state index is 0.101. The molecule has 0 aliphatic heterocycles. The van der Waals surface area contributed by atoms with Crippen molar-refractivity contribution in [1.29, 1.82) is 0 Å². The van der Waals surface area contributed by atoms with Gasteiger partial charge < -0.3 is 33.8 Å². The molecule has 0 radical (unpaired) electrons. The van der Waals surface area contributed by atoms with E-state index in [0.717, 1.165) is 114 Å². The van der Waals surface area contributed by atoms with Gasteiger partial charge in [-0.05, 0) is 49.4 Å². The van der Waals surface area contributed by atoms with Crippen LogP contribution in [-0.4, -0.2) is 96.7 Å². The van der Waals surface area contributed by atoms with Crippen molar-refractivity contribution in [3.63, 3.8) is 0 Å². The number of phosphoric acid groups is 2. The zero-order valence-corrected chi connectivity index (χ0v) is 63.4. The number of rotatable bonds is 72. The maximum Gasteiger partial charge on any atom is 0.472 e. The number of esters is 4. The van der Waals surface area contributed by atoms with Gasteiger partial charge in [0.2, 0.25) is 0 Å². The number of phosphoric ester groups is 2. The molecule has 0 bridgehead atoms. The highest BCUT2D eigenvalue weighted by atomic mass is 31.2. The summed E-state index contributed by atoms with van der Waals surface area (Å²) in [5, 5.41) is 10.6. The quantitative estimate of drug-likeness (QED) is 0.0222. The molecule has 0 aromatic rings. The second-order valence-corrected chi connectivity index (χ2v) is 31.4. The highest BCUT2D eigenvalue weighted by molar-refractivity contribution is 7.47. The van der Waals surface area contributed by atoms with E-state index in [-0.39, 0.29) is 25.7 Å². The van der Waals surface area contributed by atoms with Crippen LogP contribution in [0.4, 0.5) is 0 Å². The van der Waals surface area contributed by atoms with E-state index in [9.17, 15) is 43.2 Å². The van der Waals surface area contributed by atoms with Gasteiger partial charge in [-0.25, -0.2) is 9.13 Å². The van der Waals surface area contributed by atoms with Gasteiger partial charge >= 0.3 is 39.5 Å². The van der Waals surface area contributed by atoms with E-state index in [1.165, 1.54) is 173 Å². The summed E-state index contributed by atoms with van der Waals surface area (Å²) in [6, 6.07) is 0. The maximum atomic E-state index is 13.1. The number of carbonyl (C=O) groups is 4. The molecule has 0 fully saturated rings. The summed E-state index contributed by atoms with van der Waals surface area (Å²) in [5.74, 6) is 0.918. The molecule has 17 nitrogen and oxygen atoms in total. The van der Waals surface area contributed by atoms with Gasteiger partial charge in [-0.15, -0.1) is 0 Å². The fourth-order valence-corrected chi connectivity index (χ4v) is 12.9. The van der Waals surface area contributed by atoms with Crippen LogP contribution in [-0.2, 0) is 65.4 Å². The fourth-order valence-electron chi connectivity index (χ4n) is 11.3. The summed E-state index contributed by atoms with van der Waals surface area (Å²) in [4.78, 5) is 72.7. The predicted molar refractivity (Wildman–Crippen MR) is 381 cm³/mol. The second kappa shape index (κ2) is 64.4. The Morgan fingerprint density at radius 3 is 0.755 bits per heavy atom. The van der Waals surface area contributed by atoms with Crippen molar-refractivity contribution in [1.82, 2.24) is 0 Å². The van der Waals surface area contributed by atoms with Crippen LogP contribution >= 0.6 is 15.6 Å². The van der Waals surface area contributed by atoms with Crippen LogP contribution in [0.2, 0.25) is 0 Å². The first-order valence-corrected chi connectivity index (χ1v) is 41.8. The van der Waals surface area contributed by atoms with E-state index in [1.807, 2.05) is 0 Å². The molecule has 3 N–H and O–H groups in total. The van der Waals surface area contributed by atoms with Gasteiger partial charge in [-0.2, -0.15) is 0 Å². The largest absolute Gasteiger partial charge is 0.472 e. The first kappa shape index (κ1) is 92.1. The molecule has 4 unspecified atom stereocenters. The number of hydrogen-bond donors (Lipinski definition) is 3. The van der Waals surface area contributed by atoms with E-state index in [4.69, 9.17) is 37.0 Å². The van der Waals surface area contributed by atoms with Crippen molar-refractivity contribution in [3.8, 4) is 0 Å². The van der Waals surface area contributed by atoms with Gasteiger partial charge in [0.1, 0.15) is 19.3 Å². The van der Waals surface area contributed by atoms with E-state index in [0.29, 0.717) is 31.6 Å². The summed E-state index contributed by atoms with van der Waals surface area (Å²) in [5.41, 5.74) is 0. The smallest absolute Gasteiger partial charge is 0.462 e. The topological polar surface area (TPSA) is 237 Å². The summed E-state index contributed by atoms with van der Waals surface area (Å²) < 4.78 is 68.4. The van der Waals surface area contributed by atoms with Gasteiger partial charge in [-0.3, -0.25) is 37.3 Å². The molecule has 0 heterocycles. The Morgan fingerprint density at radius 2 is 0.511 bits per heavy atom. The van der Waals surface area contributed by atoms with Crippen molar-refractivity contribution in [2.45, 2.75) is 395 Å². The first-order valence-electron chi connectivity index (χ1n) is 38.8. The molecule has 0 aromatic heterocycles. The number of ether oxygens (including phenoxy) is 4. The lowest BCUT2D eigenvalue weighted by atomic mass is 9.99. The SMILES string of the molecule is CCC(C)CCCCCCCCCCCCCCCCC(=O)O[C@H](COC(=O)CCCCCCCCCCCCCCCCC(C)C)COP(=O)(O)OC[C@@H](O)COP(=O)(O)OC[C@@H](COC(=O)CCCCCCCCC(C)CC)OC(=O)CCCCCCCCC(C)C. The number of carbonyl (C=O) groups excluding carboxylic acids is 4. The van der Waals surface area contributed by atoms with E-state index < -0.39 is 97.5 Å². The Hall–Kier alpha value is -1.94.